The van der Waals surface area contributed by atoms with Crippen LogP contribution in [0.15, 0.2) is 48.5 Å². The molecule has 0 heterocycles. The first-order chi connectivity index (χ1) is 14.6. The van der Waals surface area contributed by atoms with Crippen molar-refractivity contribution in [2.45, 2.75) is 40.0 Å². The predicted octanol–water partition coefficient (Wildman–Crippen LogP) is 4.79. The van der Waals surface area contributed by atoms with Gasteiger partial charge in [0, 0.05) is 30.0 Å². The molecule has 0 atom stereocenters. The van der Waals surface area contributed by atoms with E-state index in [4.69, 9.17) is 4.74 Å². The van der Waals surface area contributed by atoms with E-state index in [0.29, 0.717) is 12.2 Å². The van der Waals surface area contributed by atoms with Crippen molar-refractivity contribution in [2.24, 2.45) is 0 Å². The van der Waals surface area contributed by atoms with Gasteiger partial charge in [0.05, 0.1) is 13.2 Å². The summed E-state index contributed by atoms with van der Waals surface area (Å²) in [5.74, 6) is 0.697. The van der Waals surface area contributed by atoms with Crippen LogP contribution in [0.5, 0.6) is 5.75 Å². The number of nitrogens with one attached hydrogen (secondary N) is 2. The minimum atomic E-state index is -0.144. The maximum atomic E-state index is 12.6. The third-order valence-electron chi connectivity index (χ3n) is 4.47. The van der Waals surface area contributed by atoms with Crippen molar-refractivity contribution in [3.05, 3.63) is 54.1 Å². The summed E-state index contributed by atoms with van der Waals surface area (Å²) in [7, 11) is 0. The van der Waals surface area contributed by atoms with Gasteiger partial charge in [-0.05, 0) is 67.8 Å². The Labute approximate surface area is 179 Å². The molecule has 2 aromatic rings. The van der Waals surface area contributed by atoms with Crippen molar-refractivity contribution in [1.29, 1.82) is 0 Å². The summed E-state index contributed by atoms with van der Waals surface area (Å²) >= 11 is 0. The summed E-state index contributed by atoms with van der Waals surface area (Å²) in [6.07, 6.45) is 2.83. The van der Waals surface area contributed by atoms with E-state index in [-0.39, 0.29) is 18.4 Å². The van der Waals surface area contributed by atoms with Gasteiger partial charge >= 0.3 is 0 Å². The fourth-order valence-corrected chi connectivity index (χ4v) is 3.01. The number of anilines is 2. The van der Waals surface area contributed by atoms with Gasteiger partial charge in [-0.25, -0.2) is 0 Å². The van der Waals surface area contributed by atoms with Crippen molar-refractivity contribution in [2.75, 3.05) is 36.9 Å². The van der Waals surface area contributed by atoms with Crippen LogP contribution in [0.4, 0.5) is 11.4 Å². The Hall–Kier alpha value is -3.02. The highest BCUT2D eigenvalue weighted by Gasteiger charge is 2.14. The van der Waals surface area contributed by atoms with Crippen LogP contribution in [0.2, 0.25) is 0 Å². The van der Waals surface area contributed by atoms with Crippen molar-refractivity contribution in [3.63, 3.8) is 0 Å². The number of hydrogen-bond donors (Lipinski definition) is 2. The second kappa shape index (κ2) is 12.5. The van der Waals surface area contributed by atoms with Gasteiger partial charge in [0.1, 0.15) is 5.75 Å². The standard InChI is InChI=1S/C24H33N3O3/c1-4-15-27(16-5-2)24(29)19-7-9-20(10-8-19)25-18-23(28)26-21-11-13-22(14-12-21)30-17-6-3/h7-14,25H,4-6,15-18H2,1-3H3,(H,26,28). The van der Waals surface area contributed by atoms with Crippen LogP contribution in [-0.2, 0) is 4.79 Å². The SMILES string of the molecule is CCCOc1ccc(NC(=O)CNc2ccc(C(=O)N(CCC)CCC)cc2)cc1. The van der Waals surface area contributed by atoms with Gasteiger partial charge in [-0.2, -0.15) is 0 Å². The zero-order valence-electron chi connectivity index (χ0n) is 18.2. The molecule has 0 saturated heterocycles. The van der Waals surface area contributed by atoms with Crippen LogP contribution >= 0.6 is 0 Å². The molecule has 2 N–H and O–H groups in total. The van der Waals surface area contributed by atoms with Crippen LogP contribution in [0.1, 0.15) is 50.4 Å². The third-order valence-corrected chi connectivity index (χ3v) is 4.47. The highest BCUT2D eigenvalue weighted by atomic mass is 16.5. The fourth-order valence-electron chi connectivity index (χ4n) is 3.01. The minimum absolute atomic E-state index is 0.0503. The van der Waals surface area contributed by atoms with Gasteiger partial charge < -0.3 is 20.3 Å². The minimum Gasteiger partial charge on any atom is -0.494 e. The molecule has 6 heteroatoms. The van der Waals surface area contributed by atoms with Crippen molar-refractivity contribution < 1.29 is 14.3 Å². The average Bonchev–Trinajstić information content (AvgIpc) is 2.77. The molecule has 0 aromatic heterocycles. The smallest absolute Gasteiger partial charge is 0.253 e. The Morgan fingerprint density at radius 3 is 2.00 bits per heavy atom. The highest BCUT2D eigenvalue weighted by Crippen LogP contribution is 2.16. The van der Waals surface area contributed by atoms with Crippen LogP contribution in [-0.4, -0.2) is 43.0 Å². The maximum Gasteiger partial charge on any atom is 0.253 e. The molecule has 30 heavy (non-hydrogen) atoms. The Morgan fingerprint density at radius 2 is 1.43 bits per heavy atom. The molecular formula is C24H33N3O3. The molecule has 0 bridgehead atoms. The molecule has 2 amide bonds. The van der Waals surface area contributed by atoms with Gasteiger partial charge in [-0.15, -0.1) is 0 Å². The molecule has 0 radical (unpaired) electrons. The van der Waals surface area contributed by atoms with Gasteiger partial charge in [-0.3, -0.25) is 9.59 Å². The first-order valence-electron chi connectivity index (χ1n) is 10.7. The second-order valence-corrected chi connectivity index (χ2v) is 7.14. The molecule has 0 aliphatic heterocycles. The fraction of sp³-hybridized carbons (Fsp3) is 0.417. The number of rotatable bonds is 12. The summed E-state index contributed by atoms with van der Waals surface area (Å²) in [5, 5.41) is 5.94. The summed E-state index contributed by atoms with van der Waals surface area (Å²) in [5.41, 5.74) is 2.18. The van der Waals surface area contributed by atoms with E-state index in [1.165, 1.54) is 0 Å². The first kappa shape index (κ1) is 23.3. The van der Waals surface area contributed by atoms with E-state index >= 15 is 0 Å². The zero-order valence-corrected chi connectivity index (χ0v) is 18.2. The molecule has 6 nitrogen and oxygen atoms in total. The average molecular weight is 412 g/mol. The van der Waals surface area contributed by atoms with Crippen molar-refractivity contribution in [3.8, 4) is 5.75 Å². The molecule has 2 rings (SSSR count). The normalized spacial score (nSPS) is 10.4. The quantitative estimate of drug-likeness (QED) is 0.527. The lowest BCUT2D eigenvalue weighted by Gasteiger charge is -2.21. The van der Waals surface area contributed by atoms with Crippen molar-refractivity contribution >= 4 is 23.2 Å². The van der Waals surface area contributed by atoms with E-state index in [1.54, 1.807) is 12.1 Å². The van der Waals surface area contributed by atoms with E-state index < -0.39 is 0 Å². The Bertz CT molecular complexity index is 782. The molecule has 0 fully saturated rings. The molecule has 0 spiro atoms. The Kier molecular flexibility index (Phi) is 9.71. The molecule has 162 valence electrons. The molecular weight excluding hydrogens is 378 g/mol. The second-order valence-electron chi connectivity index (χ2n) is 7.14. The van der Waals surface area contributed by atoms with Crippen LogP contribution in [0.3, 0.4) is 0 Å². The lowest BCUT2D eigenvalue weighted by Crippen LogP contribution is -2.32. The number of carbonyl (C=O) groups excluding carboxylic acids is 2. The molecule has 2 aromatic carbocycles. The zero-order chi connectivity index (χ0) is 21.8. The number of benzene rings is 2. The number of ether oxygens (including phenoxy) is 1. The maximum absolute atomic E-state index is 12.6. The number of hydrogen-bond acceptors (Lipinski definition) is 4. The van der Waals surface area contributed by atoms with Crippen molar-refractivity contribution in [1.82, 2.24) is 4.90 Å². The predicted molar refractivity (Wildman–Crippen MR) is 122 cm³/mol. The van der Waals surface area contributed by atoms with Gasteiger partial charge in [0.15, 0.2) is 0 Å². The Balaban J connectivity index is 1.84. The summed E-state index contributed by atoms with van der Waals surface area (Å²) in [6.45, 7) is 8.54. The number of nitrogens with zero attached hydrogens (tertiary/aromatic N) is 1. The molecule has 0 aliphatic carbocycles. The Morgan fingerprint density at radius 1 is 0.833 bits per heavy atom. The van der Waals surface area contributed by atoms with E-state index in [2.05, 4.69) is 31.4 Å². The van der Waals surface area contributed by atoms with E-state index in [1.807, 2.05) is 41.3 Å². The number of amides is 2. The van der Waals surface area contributed by atoms with Crippen LogP contribution in [0, 0.1) is 0 Å². The summed E-state index contributed by atoms with van der Waals surface area (Å²) < 4.78 is 5.54. The topological polar surface area (TPSA) is 70.7 Å². The van der Waals surface area contributed by atoms with Gasteiger partial charge in [0.2, 0.25) is 5.91 Å². The van der Waals surface area contributed by atoms with E-state index in [0.717, 1.165) is 49.5 Å². The molecule has 0 aliphatic rings. The van der Waals surface area contributed by atoms with E-state index in [9.17, 15) is 9.59 Å². The highest BCUT2D eigenvalue weighted by molar-refractivity contribution is 5.95. The number of carbonyl (C=O) groups is 2. The molecule has 0 unspecified atom stereocenters. The third kappa shape index (κ3) is 7.43. The summed E-state index contributed by atoms with van der Waals surface area (Å²) in [4.78, 5) is 26.7. The van der Waals surface area contributed by atoms with Gasteiger partial charge in [0.25, 0.3) is 5.91 Å². The van der Waals surface area contributed by atoms with Gasteiger partial charge in [-0.1, -0.05) is 20.8 Å². The largest absolute Gasteiger partial charge is 0.494 e. The van der Waals surface area contributed by atoms with Crippen LogP contribution < -0.4 is 15.4 Å². The lowest BCUT2D eigenvalue weighted by atomic mass is 10.1. The lowest BCUT2D eigenvalue weighted by molar-refractivity contribution is -0.114. The van der Waals surface area contributed by atoms with Crippen LogP contribution in [0.25, 0.3) is 0 Å². The summed E-state index contributed by atoms with van der Waals surface area (Å²) in [6, 6.07) is 14.6. The first-order valence-corrected chi connectivity index (χ1v) is 10.7. The monoisotopic (exact) mass is 411 g/mol. The molecule has 0 saturated carbocycles.